The molecule has 0 aromatic heterocycles. The van der Waals surface area contributed by atoms with E-state index in [1.807, 2.05) is 6.92 Å². The molecule has 1 heterocycles. The molecule has 0 fully saturated rings. The van der Waals surface area contributed by atoms with E-state index < -0.39 is 6.29 Å². The van der Waals surface area contributed by atoms with Crippen LogP contribution in [-0.2, 0) is 0 Å². The van der Waals surface area contributed by atoms with Crippen LogP contribution in [0.2, 0.25) is 0 Å². The van der Waals surface area contributed by atoms with Crippen molar-refractivity contribution in [2.24, 2.45) is 11.7 Å². The molecule has 0 bridgehead atoms. The Balaban J connectivity index is 2.16. The zero-order valence-electron chi connectivity index (χ0n) is 9.78. The van der Waals surface area contributed by atoms with Crippen molar-refractivity contribution in [3.63, 3.8) is 0 Å². The Morgan fingerprint density at radius 1 is 1.39 bits per heavy atom. The van der Waals surface area contributed by atoms with Gasteiger partial charge in [0.25, 0.3) is 0 Å². The minimum atomic E-state index is -3.66. The van der Waals surface area contributed by atoms with Crippen LogP contribution in [-0.4, -0.2) is 18.6 Å². The molecule has 0 spiro atoms. The highest BCUT2D eigenvalue weighted by atomic mass is 19.3. The predicted octanol–water partition coefficient (Wildman–Crippen LogP) is 2.18. The fourth-order valence-electron chi connectivity index (χ4n) is 1.64. The second-order valence-electron chi connectivity index (χ2n) is 4.30. The van der Waals surface area contributed by atoms with Crippen molar-refractivity contribution < 1.29 is 23.0 Å². The molecule has 1 aliphatic heterocycles. The number of fused-ring (bicyclic) bond motifs is 1. The van der Waals surface area contributed by atoms with Gasteiger partial charge in [-0.1, -0.05) is 6.92 Å². The Bertz CT molecular complexity index is 476. The number of rotatable bonds is 4. The van der Waals surface area contributed by atoms with E-state index in [9.17, 15) is 13.6 Å². The summed E-state index contributed by atoms with van der Waals surface area (Å²) in [6, 6.07) is 4.01. The van der Waals surface area contributed by atoms with Crippen molar-refractivity contribution in [3.8, 4) is 11.5 Å². The third-order valence-corrected chi connectivity index (χ3v) is 2.66. The van der Waals surface area contributed by atoms with Gasteiger partial charge in [0.2, 0.25) is 0 Å². The van der Waals surface area contributed by atoms with Gasteiger partial charge in [-0.15, -0.1) is 8.78 Å². The molecule has 4 nitrogen and oxygen atoms in total. The third-order valence-electron chi connectivity index (χ3n) is 2.66. The van der Waals surface area contributed by atoms with Gasteiger partial charge in [0.1, 0.15) is 0 Å². The Morgan fingerprint density at radius 3 is 2.72 bits per heavy atom. The number of ether oxygens (including phenoxy) is 2. The van der Waals surface area contributed by atoms with Crippen LogP contribution in [0.3, 0.4) is 0 Å². The second-order valence-corrected chi connectivity index (χ2v) is 4.30. The molecule has 6 heteroatoms. The highest BCUT2D eigenvalue weighted by molar-refractivity contribution is 5.96. The first-order valence-corrected chi connectivity index (χ1v) is 5.54. The van der Waals surface area contributed by atoms with E-state index in [0.29, 0.717) is 12.1 Å². The summed E-state index contributed by atoms with van der Waals surface area (Å²) in [5.41, 5.74) is 5.74. The number of nitrogens with two attached hydrogens (primary N) is 1. The van der Waals surface area contributed by atoms with Gasteiger partial charge in [-0.3, -0.25) is 4.79 Å². The summed E-state index contributed by atoms with van der Waals surface area (Å²) in [5, 5.41) is 0. The van der Waals surface area contributed by atoms with Crippen LogP contribution < -0.4 is 15.2 Å². The molecule has 0 saturated heterocycles. The van der Waals surface area contributed by atoms with Gasteiger partial charge in [0.15, 0.2) is 17.3 Å². The fourth-order valence-corrected chi connectivity index (χ4v) is 1.64. The first-order valence-electron chi connectivity index (χ1n) is 5.54. The highest BCUT2D eigenvalue weighted by Gasteiger charge is 2.43. The van der Waals surface area contributed by atoms with E-state index in [4.69, 9.17) is 5.73 Å². The minimum Gasteiger partial charge on any atom is -0.395 e. The molecule has 1 aromatic rings. The molecule has 0 radical (unpaired) electrons. The molecular weight excluding hydrogens is 244 g/mol. The fraction of sp³-hybridized carbons (Fsp3) is 0.417. The maximum absolute atomic E-state index is 12.8. The number of Topliss-reactive ketones (excluding diaryl/α,β-unsaturated/α-hetero) is 1. The number of hydrogen-bond donors (Lipinski definition) is 1. The summed E-state index contributed by atoms with van der Waals surface area (Å²) in [6.45, 7) is 2.24. The zero-order valence-corrected chi connectivity index (χ0v) is 9.78. The monoisotopic (exact) mass is 257 g/mol. The van der Waals surface area contributed by atoms with Crippen molar-refractivity contribution in [1.29, 1.82) is 0 Å². The van der Waals surface area contributed by atoms with Crippen molar-refractivity contribution in [3.05, 3.63) is 23.8 Å². The van der Waals surface area contributed by atoms with Crippen LogP contribution in [0.5, 0.6) is 11.5 Å². The summed E-state index contributed by atoms with van der Waals surface area (Å²) in [4.78, 5) is 11.8. The van der Waals surface area contributed by atoms with Gasteiger partial charge in [-0.05, 0) is 30.7 Å². The summed E-state index contributed by atoms with van der Waals surface area (Å²) in [6.07, 6.45) is -3.39. The molecule has 0 aliphatic carbocycles. The van der Waals surface area contributed by atoms with Gasteiger partial charge < -0.3 is 15.2 Å². The van der Waals surface area contributed by atoms with Crippen molar-refractivity contribution in [2.75, 3.05) is 6.54 Å². The number of alkyl halides is 2. The topological polar surface area (TPSA) is 61.6 Å². The summed E-state index contributed by atoms with van der Waals surface area (Å²) >= 11 is 0. The molecule has 1 aliphatic rings. The first kappa shape index (κ1) is 12.8. The van der Waals surface area contributed by atoms with Gasteiger partial charge >= 0.3 is 6.29 Å². The van der Waals surface area contributed by atoms with Gasteiger partial charge in [-0.2, -0.15) is 0 Å². The zero-order chi connectivity index (χ0) is 13.3. The van der Waals surface area contributed by atoms with E-state index in [1.54, 1.807) is 0 Å². The van der Waals surface area contributed by atoms with Gasteiger partial charge in [0, 0.05) is 12.0 Å². The molecule has 98 valence electrons. The normalized spacial score (nSPS) is 17.6. The Kier molecular flexibility index (Phi) is 3.21. The molecule has 2 rings (SSSR count). The van der Waals surface area contributed by atoms with Crippen LogP contribution in [0.4, 0.5) is 8.78 Å². The van der Waals surface area contributed by atoms with Crippen LogP contribution in [0.25, 0.3) is 0 Å². The van der Waals surface area contributed by atoms with E-state index in [-0.39, 0.29) is 29.6 Å². The summed E-state index contributed by atoms with van der Waals surface area (Å²) < 4.78 is 34.1. The third kappa shape index (κ3) is 2.59. The molecule has 1 atom stereocenters. The lowest BCUT2D eigenvalue weighted by Gasteiger charge is -2.07. The smallest absolute Gasteiger partial charge is 0.395 e. The number of hydrogen-bond acceptors (Lipinski definition) is 4. The summed E-state index contributed by atoms with van der Waals surface area (Å²) in [7, 11) is 0. The van der Waals surface area contributed by atoms with Crippen molar-refractivity contribution >= 4 is 5.78 Å². The molecule has 1 aromatic carbocycles. The maximum atomic E-state index is 12.8. The van der Waals surface area contributed by atoms with Crippen LogP contribution in [0, 0.1) is 5.92 Å². The largest absolute Gasteiger partial charge is 0.586 e. The van der Waals surface area contributed by atoms with E-state index in [1.165, 1.54) is 18.2 Å². The van der Waals surface area contributed by atoms with Gasteiger partial charge in [-0.25, -0.2) is 0 Å². The maximum Gasteiger partial charge on any atom is 0.586 e. The minimum absolute atomic E-state index is 0.0457. The van der Waals surface area contributed by atoms with Crippen LogP contribution in [0.1, 0.15) is 23.7 Å². The number of ketones is 1. The Morgan fingerprint density at radius 2 is 2.06 bits per heavy atom. The number of carbonyl (C=O) groups excluding carboxylic acids is 1. The number of carbonyl (C=O) groups is 1. The molecule has 2 N–H and O–H groups in total. The number of benzene rings is 1. The Labute approximate surface area is 103 Å². The van der Waals surface area contributed by atoms with Crippen LogP contribution >= 0.6 is 0 Å². The lowest BCUT2D eigenvalue weighted by atomic mass is 10.00. The first-order chi connectivity index (χ1) is 8.41. The van der Waals surface area contributed by atoms with Crippen molar-refractivity contribution in [2.45, 2.75) is 19.6 Å². The number of halogens is 2. The van der Waals surface area contributed by atoms with E-state index in [0.717, 1.165) is 0 Å². The molecule has 18 heavy (non-hydrogen) atoms. The molecular formula is C12H13F2NO3. The average Bonchev–Trinajstić information content (AvgIpc) is 2.61. The van der Waals surface area contributed by atoms with E-state index in [2.05, 4.69) is 9.47 Å². The van der Waals surface area contributed by atoms with Crippen molar-refractivity contribution in [1.82, 2.24) is 0 Å². The lowest BCUT2D eigenvalue weighted by Crippen LogP contribution is -2.25. The average molecular weight is 257 g/mol. The SMILES string of the molecule is CC(CN)CC(=O)c1ccc2c(c1)OC(F)(F)O2. The second kappa shape index (κ2) is 4.53. The van der Waals surface area contributed by atoms with Gasteiger partial charge in [0.05, 0.1) is 0 Å². The predicted molar refractivity (Wildman–Crippen MR) is 59.8 cm³/mol. The molecule has 0 saturated carbocycles. The lowest BCUT2D eigenvalue weighted by molar-refractivity contribution is -0.286. The Hall–Kier alpha value is -1.69. The standard InChI is InChI=1S/C12H13F2NO3/c1-7(6-15)4-9(16)8-2-3-10-11(5-8)18-12(13,14)17-10/h2-3,5,7H,4,6,15H2,1H3. The van der Waals surface area contributed by atoms with Crippen LogP contribution in [0.15, 0.2) is 18.2 Å². The molecule has 1 unspecified atom stereocenters. The quantitative estimate of drug-likeness (QED) is 0.840. The summed E-state index contributed by atoms with van der Waals surface area (Å²) in [5.74, 6) is -0.298. The molecule has 0 amide bonds. The highest BCUT2D eigenvalue weighted by Crippen LogP contribution is 2.41. The van der Waals surface area contributed by atoms with E-state index >= 15 is 0 Å².